The SMILES string of the molecule is CCOc1ccc(C(=O)NC2CCN(C(C)=O)CC2)cc1OCC. The van der Waals surface area contributed by atoms with Crippen LogP contribution in [0, 0.1) is 0 Å². The lowest BCUT2D eigenvalue weighted by Gasteiger charge is -2.31. The van der Waals surface area contributed by atoms with Crippen LogP contribution in [-0.2, 0) is 4.79 Å². The third-order valence-electron chi connectivity index (χ3n) is 4.08. The van der Waals surface area contributed by atoms with Gasteiger partial charge in [0.1, 0.15) is 0 Å². The molecular formula is C18H26N2O4. The molecule has 1 aromatic rings. The number of piperidine rings is 1. The van der Waals surface area contributed by atoms with Gasteiger partial charge in [-0.15, -0.1) is 0 Å². The standard InChI is InChI=1S/C18H26N2O4/c1-4-23-16-7-6-14(12-17(16)24-5-2)18(22)19-15-8-10-20(11-9-15)13(3)21/h6-7,12,15H,4-5,8-11H2,1-3H3,(H,19,22). The minimum Gasteiger partial charge on any atom is -0.490 e. The zero-order valence-electron chi connectivity index (χ0n) is 14.6. The number of nitrogens with one attached hydrogen (secondary N) is 1. The largest absolute Gasteiger partial charge is 0.490 e. The summed E-state index contributed by atoms with van der Waals surface area (Å²) in [7, 11) is 0. The molecule has 0 saturated carbocycles. The first-order valence-electron chi connectivity index (χ1n) is 8.51. The van der Waals surface area contributed by atoms with Crippen LogP contribution in [0.15, 0.2) is 18.2 Å². The van der Waals surface area contributed by atoms with Gasteiger partial charge in [0.05, 0.1) is 13.2 Å². The normalized spacial score (nSPS) is 15.0. The quantitative estimate of drug-likeness (QED) is 0.866. The Hall–Kier alpha value is -2.24. The van der Waals surface area contributed by atoms with Crippen molar-refractivity contribution in [1.82, 2.24) is 10.2 Å². The highest BCUT2D eigenvalue weighted by Gasteiger charge is 2.22. The predicted octanol–water partition coefficient (Wildman–Crippen LogP) is 2.22. The van der Waals surface area contributed by atoms with Gasteiger partial charge in [-0.1, -0.05) is 0 Å². The minimum absolute atomic E-state index is 0.0904. The molecule has 0 unspecified atom stereocenters. The van der Waals surface area contributed by atoms with Crippen LogP contribution in [-0.4, -0.2) is 49.1 Å². The fourth-order valence-corrected chi connectivity index (χ4v) is 2.80. The smallest absolute Gasteiger partial charge is 0.251 e. The fourth-order valence-electron chi connectivity index (χ4n) is 2.80. The van der Waals surface area contributed by atoms with Gasteiger partial charge in [0.15, 0.2) is 11.5 Å². The molecule has 0 spiro atoms. The van der Waals surface area contributed by atoms with Gasteiger partial charge in [0, 0.05) is 31.6 Å². The van der Waals surface area contributed by atoms with Crippen molar-refractivity contribution in [3.8, 4) is 11.5 Å². The first-order chi connectivity index (χ1) is 11.5. The zero-order valence-corrected chi connectivity index (χ0v) is 14.6. The first kappa shape index (κ1) is 18.1. The Kier molecular flexibility index (Phi) is 6.46. The lowest BCUT2D eigenvalue weighted by molar-refractivity contribution is -0.129. The molecule has 1 aromatic carbocycles. The van der Waals surface area contributed by atoms with E-state index >= 15 is 0 Å². The van der Waals surface area contributed by atoms with Crippen LogP contribution in [0.2, 0.25) is 0 Å². The number of hydrogen-bond donors (Lipinski definition) is 1. The van der Waals surface area contributed by atoms with E-state index in [9.17, 15) is 9.59 Å². The van der Waals surface area contributed by atoms with Gasteiger partial charge in [-0.25, -0.2) is 0 Å². The van der Waals surface area contributed by atoms with E-state index in [1.165, 1.54) is 0 Å². The van der Waals surface area contributed by atoms with Crippen molar-refractivity contribution in [3.63, 3.8) is 0 Å². The molecule has 24 heavy (non-hydrogen) atoms. The number of rotatable bonds is 6. The van der Waals surface area contributed by atoms with Crippen molar-refractivity contribution >= 4 is 11.8 Å². The monoisotopic (exact) mass is 334 g/mol. The molecule has 1 N–H and O–H groups in total. The van der Waals surface area contributed by atoms with Gasteiger partial charge >= 0.3 is 0 Å². The van der Waals surface area contributed by atoms with Crippen LogP contribution in [0.3, 0.4) is 0 Å². The van der Waals surface area contributed by atoms with Gasteiger partial charge in [-0.3, -0.25) is 9.59 Å². The highest BCUT2D eigenvalue weighted by molar-refractivity contribution is 5.95. The van der Waals surface area contributed by atoms with E-state index in [1.807, 2.05) is 18.7 Å². The lowest BCUT2D eigenvalue weighted by atomic mass is 10.0. The molecule has 0 aromatic heterocycles. The molecular weight excluding hydrogens is 308 g/mol. The molecule has 132 valence electrons. The summed E-state index contributed by atoms with van der Waals surface area (Å²) < 4.78 is 11.1. The molecule has 0 radical (unpaired) electrons. The number of likely N-dealkylation sites (tertiary alicyclic amines) is 1. The lowest BCUT2D eigenvalue weighted by Crippen LogP contribution is -2.46. The number of carbonyl (C=O) groups is 2. The van der Waals surface area contributed by atoms with Crippen molar-refractivity contribution in [2.75, 3.05) is 26.3 Å². The molecule has 0 atom stereocenters. The summed E-state index contributed by atoms with van der Waals surface area (Å²) in [5.74, 6) is 1.19. The summed E-state index contributed by atoms with van der Waals surface area (Å²) in [6, 6.07) is 5.32. The number of benzene rings is 1. The van der Waals surface area contributed by atoms with Crippen molar-refractivity contribution in [1.29, 1.82) is 0 Å². The van der Waals surface area contributed by atoms with Crippen molar-refractivity contribution in [3.05, 3.63) is 23.8 Å². The van der Waals surface area contributed by atoms with Gasteiger partial charge in [0.2, 0.25) is 5.91 Å². The summed E-state index contributed by atoms with van der Waals surface area (Å²) in [4.78, 5) is 25.6. The third kappa shape index (κ3) is 4.63. The van der Waals surface area contributed by atoms with E-state index in [-0.39, 0.29) is 17.9 Å². The Morgan fingerprint density at radius 3 is 2.33 bits per heavy atom. The molecule has 1 aliphatic heterocycles. The van der Waals surface area contributed by atoms with Gasteiger partial charge in [0.25, 0.3) is 5.91 Å². The zero-order chi connectivity index (χ0) is 17.5. The predicted molar refractivity (Wildman–Crippen MR) is 91.5 cm³/mol. The summed E-state index contributed by atoms with van der Waals surface area (Å²) in [6.07, 6.45) is 1.56. The van der Waals surface area contributed by atoms with Gasteiger partial charge in [-0.05, 0) is 44.9 Å². The Morgan fingerprint density at radius 1 is 1.12 bits per heavy atom. The average Bonchev–Trinajstić information content (AvgIpc) is 2.57. The Balaban J connectivity index is 1.99. The second kappa shape index (κ2) is 8.57. The topological polar surface area (TPSA) is 67.9 Å². The molecule has 0 aliphatic carbocycles. The maximum Gasteiger partial charge on any atom is 0.251 e. The molecule has 0 bridgehead atoms. The first-order valence-corrected chi connectivity index (χ1v) is 8.51. The van der Waals surface area contributed by atoms with E-state index in [0.717, 1.165) is 12.8 Å². The summed E-state index contributed by atoms with van der Waals surface area (Å²) in [5, 5.41) is 3.04. The number of hydrogen-bond acceptors (Lipinski definition) is 4. The molecule has 6 heteroatoms. The van der Waals surface area contributed by atoms with Crippen molar-refractivity contribution in [2.24, 2.45) is 0 Å². The summed E-state index contributed by atoms with van der Waals surface area (Å²) >= 11 is 0. The Morgan fingerprint density at radius 2 is 1.75 bits per heavy atom. The van der Waals surface area contributed by atoms with Crippen LogP contribution in [0.1, 0.15) is 44.0 Å². The van der Waals surface area contributed by atoms with Crippen LogP contribution in [0.4, 0.5) is 0 Å². The molecule has 6 nitrogen and oxygen atoms in total. The molecule has 1 fully saturated rings. The highest BCUT2D eigenvalue weighted by atomic mass is 16.5. The van der Waals surface area contributed by atoms with E-state index in [1.54, 1.807) is 25.1 Å². The Bertz CT molecular complexity index is 580. The number of amides is 2. The second-order valence-electron chi connectivity index (χ2n) is 5.78. The fraction of sp³-hybridized carbons (Fsp3) is 0.556. The van der Waals surface area contributed by atoms with E-state index < -0.39 is 0 Å². The van der Waals surface area contributed by atoms with Crippen LogP contribution >= 0.6 is 0 Å². The van der Waals surface area contributed by atoms with Crippen LogP contribution in [0.5, 0.6) is 11.5 Å². The molecule has 1 saturated heterocycles. The maximum absolute atomic E-state index is 12.5. The van der Waals surface area contributed by atoms with Gasteiger partial charge in [-0.2, -0.15) is 0 Å². The van der Waals surface area contributed by atoms with E-state index in [2.05, 4.69) is 5.32 Å². The van der Waals surface area contributed by atoms with Gasteiger partial charge < -0.3 is 19.7 Å². The highest BCUT2D eigenvalue weighted by Crippen LogP contribution is 2.28. The summed E-state index contributed by atoms with van der Waals surface area (Å²) in [6.45, 7) is 7.81. The molecule has 2 rings (SSSR count). The average molecular weight is 334 g/mol. The van der Waals surface area contributed by atoms with Crippen molar-refractivity contribution in [2.45, 2.75) is 39.7 Å². The van der Waals surface area contributed by atoms with Crippen LogP contribution < -0.4 is 14.8 Å². The van der Waals surface area contributed by atoms with Crippen LogP contribution in [0.25, 0.3) is 0 Å². The number of nitrogens with zero attached hydrogens (tertiary/aromatic N) is 1. The molecule has 1 heterocycles. The molecule has 1 aliphatic rings. The van der Waals surface area contributed by atoms with E-state index in [4.69, 9.17) is 9.47 Å². The maximum atomic E-state index is 12.5. The third-order valence-corrected chi connectivity index (χ3v) is 4.08. The number of ether oxygens (including phenoxy) is 2. The molecule has 2 amide bonds. The van der Waals surface area contributed by atoms with Crippen molar-refractivity contribution < 1.29 is 19.1 Å². The number of carbonyl (C=O) groups excluding carboxylic acids is 2. The summed E-state index contributed by atoms with van der Waals surface area (Å²) in [5.41, 5.74) is 0.552. The van der Waals surface area contributed by atoms with E-state index in [0.29, 0.717) is 43.4 Å². The minimum atomic E-state index is -0.125. The second-order valence-corrected chi connectivity index (χ2v) is 5.78. The Labute approximate surface area is 143 Å².